The molecule has 1 aliphatic rings. The highest BCUT2D eigenvalue weighted by molar-refractivity contribution is 5.86. The lowest BCUT2D eigenvalue weighted by molar-refractivity contribution is -0.123. The van der Waals surface area contributed by atoms with Gasteiger partial charge in [-0.25, -0.2) is 26.7 Å². The van der Waals surface area contributed by atoms with Crippen LogP contribution in [0.1, 0.15) is 29.0 Å². The van der Waals surface area contributed by atoms with Gasteiger partial charge in [0.15, 0.2) is 23.3 Å². The monoisotopic (exact) mass is 533 g/mol. The molecule has 4 N–H and O–H groups in total. The molecule has 11 heteroatoms. The zero-order chi connectivity index (χ0) is 27.4. The summed E-state index contributed by atoms with van der Waals surface area (Å²) in [4.78, 5) is 25.4. The van der Waals surface area contributed by atoms with Crippen LogP contribution in [0.2, 0.25) is 0 Å². The molecular formula is C27H24F5N3O3. The highest BCUT2D eigenvalue weighted by atomic mass is 19.2. The number of nitrogens with two attached hydrogens (primary N) is 1. The molecule has 0 saturated carbocycles. The minimum Gasteiger partial charge on any atom is -0.449 e. The zero-order valence-electron chi connectivity index (χ0n) is 20.0. The van der Waals surface area contributed by atoms with Gasteiger partial charge in [-0.05, 0) is 35.2 Å². The molecule has 0 spiro atoms. The van der Waals surface area contributed by atoms with Gasteiger partial charge >= 0.3 is 6.09 Å². The van der Waals surface area contributed by atoms with E-state index >= 15 is 0 Å². The summed E-state index contributed by atoms with van der Waals surface area (Å²) in [5, 5.41) is 4.61. The quantitative estimate of drug-likeness (QED) is 0.166. The summed E-state index contributed by atoms with van der Waals surface area (Å²) in [6, 6.07) is 13.5. The van der Waals surface area contributed by atoms with E-state index in [-0.39, 0.29) is 25.6 Å². The van der Waals surface area contributed by atoms with Crippen LogP contribution >= 0.6 is 0 Å². The second-order valence-electron chi connectivity index (χ2n) is 8.71. The van der Waals surface area contributed by atoms with E-state index in [0.29, 0.717) is 6.42 Å². The number of hydrogen-bond acceptors (Lipinski definition) is 4. The average Bonchev–Trinajstić information content (AvgIpc) is 3.25. The van der Waals surface area contributed by atoms with Gasteiger partial charge in [0.25, 0.3) is 0 Å². The van der Waals surface area contributed by atoms with Crippen molar-refractivity contribution in [3.05, 3.63) is 94.3 Å². The maximum absolute atomic E-state index is 14.3. The maximum atomic E-state index is 14.3. The molecule has 3 aromatic rings. The molecule has 0 fully saturated rings. The number of carbonyl (C=O) groups excluding carboxylic acids is 2. The average molecular weight is 533 g/mol. The zero-order valence-corrected chi connectivity index (χ0v) is 20.0. The Morgan fingerprint density at radius 2 is 1.37 bits per heavy atom. The SMILES string of the molecule is NCCCNC(=O)C(Cc1c(F)c(F)c(F)c(F)c1F)NC(=O)OCC1c2ccccc2-c2ccccc21. The first kappa shape index (κ1) is 27.1. The number of nitrogens with one attached hydrogen (secondary N) is 2. The molecule has 4 rings (SSSR count). The molecule has 38 heavy (non-hydrogen) atoms. The van der Waals surface area contributed by atoms with E-state index in [1.54, 1.807) is 0 Å². The van der Waals surface area contributed by atoms with Crippen molar-refractivity contribution in [3.63, 3.8) is 0 Å². The lowest BCUT2D eigenvalue weighted by atomic mass is 9.98. The molecule has 1 unspecified atom stereocenters. The van der Waals surface area contributed by atoms with Crippen LogP contribution in [0, 0.1) is 29.1 Å². The minimum atomic E-state index is -2.32. The van der Waals surface area contributed by atoms with Crippen molar-refractivity contribution in [1.82, 2.24) is 10.6 Å². The van der Waals surface area contributed by atoms with E-state index in [1.165, 1.54) is 0 Å². The topological polar surface area (TPSA) is 93.5 Å². The van der Waals surface area contributed by atoms with Crippen molar-refractivity contribution >= 4 is 12.0 Å². The van der Waals surface area contributed by atoms with Gasteiger partial charge in [-0.15, -0.1) is 0 Å². The first-order valence-electron chi connectivity index (χ1n) is 11.8. The number of benzene rings is 3. The standard InChI is InChI=1S/C27H24F5N3O3/c28-21-18(22(29)24(31)25(32)23(21)30)12-20(26(36)34-11-5-10-33)35-27(37)38-13-19-16-8-3-1-6-14(16)15-7-2-4-9-17(15)19/h1-4,6-9,19-20H,5,10-13,33H2,(H,34,36)(H,35,37). The van der Waals surface area contributed by atoms with Gasteiger partial charge in [0.05, 0.1) is 0 Å². The number of carbonyl (C=O) groups is 2. The molecule has 0 radical (unpaired) electrons. The number of fused-ring (bicyclic) bond motifs is 3. The van der Waals surface area contributed by atoms with E-state index < -0.39 is 59.1 Å². The molecule has 2 amide bonds. The molecule has 0 aliphatic heterocycles. The van der Waals surface area contributed by atoms with E-state index in [4.69, 9.17) is 10.5 Å². The molecule has 200 valence electrons. The van der Waals surface area contributed by atoms with E-state index in [0.717, 1.165) is 22.3 Å². The van der Waals surface area contributed by atoms with Gasteiger partial charge < -0.3 is 21.1 Å². The highest BCUT2D eigenvalue weighted by Crippen LogP contribution is 2.44. The van der Waals surface area contributed by atoms with E-state index in [9.17, 15) is 31.5 Å². The van der Waals surface area contributed by atoms with Crippen molar-refractivity contribution in [2.45, 2.75) is 24.8 Å². The molecular weight excluding hydrogens is 509 g/mol. The third-order valence-corrected chi connectivity index (χ3v) is 6.34. The molecule has 0 heterocycles. The van der Waals surface area contributed by atoms with Crippen LogP contribution in [-0.4, -0.2) is 37.7 Å². The summed E-state index contributed by atoms with van der Waals surface area (Å²) in [6.07, 6.45) is -1.76. The molecule has 1 atom stereocenters. The third kappa shape index (κ3) is 5.33. The van der Waals surface area contributed by atoms with Gasteiger partial charge in [0.2, 0.25) is 11.7 Å². The van der Waals surface area contributed by atoms with Crippen molar-refractivity contribution in [2.24, 2.45) is 5.73 Å². The summed E-state index contributed by atoms with van der Waals surface area (Å²) < 4.78 is 74.8. The second kappa shape index (κ2) is 11.6. The predicted octanol–water partition coefficient (Wildman–Crippen LogP) is 4.30. The Morgan fingerprint density at radius 3 is 1.92 bits per heavy atom. The number of alkyl carbamates (subject to hydrolysis) is 1. The number of hydrogen-bond donors (Lipinski definition) is 3. The van der Waals surface area contributed by atoms with Crippen molar-refractivity contribution in [1.29, 1.82) is 0 Å². The number of halogens is 5. The normalized spacial score (nSPS) is 13.0. The molecule has 1 aliphatic carbocycles. The van der Waals surface area contributed by atoms with Crippen LogP contribution in [0.25, 0.3) is 11.1 Å². The van der Waals surface area contributed by atoms with E-state index in [2.05, 4.69) is 10.6 Å². The predicted molar refractivity (Wildman–Crippen MR) is 129 cm³/mol. The Labute approximate surface area is 215 Å². The Bertz CT molecular complexity index is 1290. The van der Waals surface area contributed by atoms with Gasteiger partial charge in [-0.1, -0.05) is 48.5 Å². The lowest BCUT2D eigenvalue weighted by Crippen LogP contribution is -2.49. The highest BCUT2D eigenvalue weighted by Gasteiger charge is 2.32. The lowest BCUT2D eigenvalue weighted by Gasteiger charge is -2.20. The van der Waals surface area contributed by atoms with Crippen LogP contribution in [0.4, 0.5) is 26.7 Å². The van der Waals surface area contributed by atoms with Gasteiger partial charge in [0.1, 0.15) is 12.6 Å². The second-order valence-corrected chi connectivity index (χ2v) is 8.71. The molecule has 0 aromatic heterocycles. The summed E-state index contributed by atoms with van der Waals surface area (Å²) in [5.74, 6) is -12.0. The largest absolute Gasteiger partial charge is 0.449 e. The first-order valence-corrected chi connectivity index (χ1v) is 11.8. The third-order valence-electron chi connectivity index (χ3n) is 6.34. The van der Waals surface area contributed by atoms with Crippen LogP contribution in [0.3, 0.4) is 0 Å². The van der Waals surface area contributed by atoms with Gasteiger partial charge in [-0.2, -0.15) is 0 Å². The maximum Gasteiger partial charge on any atom is 0.407 e. The Kier molecular flexibility index (Phi) is 8.26. The fourth-order valence-electron chi connectivity index (χ4n) is 4.46. The smallest absolute Gasteiger partial charge is 0.407 e. The van der Waals surface area contributed by atoms with Crippen LogP contribution in [0.15, 0.2) is 48.5 Å². The van der Waals surface area contributed by atoms with Crippen molar-refractivity contribution in [2.75, 3.05) is 19.7 Å². The summed E-state index contributed by atoms with van der Waals surface area (Å²) in [7, 11) is 0. The summed E-state index contributed by atoms with van der Waals surface area (Å²) >= 11 is 0. The van der Waals surface area contributed by atoms with Crippen LogP contribution in [0.5, 0.6) is 0 Å². The van der Waals surface area contributed by atoms with Crippen LogP contribution < -0.4 is 16.4 Å². The van der Waals surface area contributed by atoms with Crippen molar-refractivity contribution in [3.8, 4) is 11.1 Å². The Balaban J connectivity index is 1.52. The molecule has 0 saturated heterocycles. The Morgan fingerprint density at radius 1 is 0.842 bits per heavy atom. The number of rotatable bonds is 9. The van der Waals surface area contributed by atoms with Crippen LogP contribution in [-0.2, 0) is 16.0 Å². The molecule has 0 bridgehead atoms. The van der Waals surface area contributed by atoms with Gasteiger partial charge in [0, 0.05) is 24.4 Å². The van der Waals surface area contributed by atoms with E-state index in [1.807, 2.05) is 48.5 Å². The first-order chi connectivity index (χ1) is 18.2. The van der Waals surface area contributed by atoms with Gasteiger partial charge in [-0.3, -0.25) is 4.79 Å². The summed E-state index contributed by atoms with van der Waals surface area (Å²) in [6.45, 7) is 0.168. The fourth-order valence-corrected chi connectivity index (χ4v) is 4.46. The number of amides is 2. The Hall–Kier alpha value is -3.99. The number of ether oxygens (including phenoxy) is 1. The van der Waals surface area contributed by atoms with Crippen molar-refractivity contribution < 1.29 is 36.3 Å². The fraction of sp³-hybridized carbons (Fsp3) is 0.259. The summed E-state index contributed by atoms with van der Waals surface area (Å²) in [5.41, 5.74) is 7.99. The molecule has 6 nitrogen and oxygen atoms in total. The molecule has 3 aromatic carbocycles. The minimum absolute atomic E-state index is 0.0648.